The third-order valence-corrected chi connectivity index (χ3v) is 5.32. The molecular weight excluding hydrogens is 374 g/mol. The van der Waals surface area contributed by atoms with Crippen molar-refractivity contribution in [2.45, 2.75) is 24.8 Å². The van der Waals surface area contributed by atoms with Gasteiger partial charge < -0.3 is 9.47 Å². The van der Waals surface area contributed by atoms with Crippen molar-refractivity contribution in [1.82, 2.24) is 4.98 Å². The van der Waals surface area contributed by atoms with Crippen LogP contribution in [0.25, 0.3) is 10.9 Å². The van der Waals surface area contributed by atoms with Crippen LogP contribution in [0, 0.1) is 6.92 Å². The maximum absolute atomic E-state index is 12.3. The number of ether oxygens (including phenoxy) is 2. The van der Waals surface area contributed by atoms with Crippen molar-refractivity contribution in [3.05, 3.63) is 71.4 Å². The Morgan fingerprint density at radius 2 is 1.75 bits per heavy atom. The number of benzene rings is 2. The summed E-state index contributed by atoms with van der Waals surface area (Å²) < 4.78 is 10.3. The molecule has 0 radical (unpaired) electrons. The largest absolute Gasteiger partial charge is 0.465 e. The Morgan fingerprint density at radius 1 is 1.04 bits per heavy atom. The van der Waals surface area contributed by atoms with Gasteiger partial charge in [-0.3, -0.25) is 4.79 Å². The number of aromatic nitrogens is 1. The summed E-state index contributed by atoms with van der Waals surface area (Å²) in [5, 5.41) is 0.872. The van der Waals surface area contributed by atoms with E-state index < -0.39 is 5.97 Å². The third-order valence-electron chi connectivity index (χ3n) is 4.30. The van der Waals surface area contributed by atoms with Gasteiger partial charge in [0.1, 0.15) is 6.61 Å². The summed E-state index contributed by atoms with van der Waals surface area (Å²) in [6, 6.07) is 17.4. The molecule has 0 aliphatic rings. The predicted octanol–water partition coefficient (Wildman–Crippen LogP) is 4.56. The minimum absolute atomic E-state index is 0.0645. The van der Waals surface area contributed by atoms with E-state index in [9.17, 15) is 9.59 Å². The molecule has 3 aromatic rings. The van der Waals surface area contributed by atoms with Gasteiger partial charge in [-0.15, -0.1) is 11.8 Å². The Morgan fingerprint density at radius 3 is 2.50 bits per heavy atom. The van der Waals surface area contributed by atoms with Gasteiger partial charge in [-0.05, 0) is 30.7 Å². The van der Waals surface area contributed by atoms with Gasteiger partial charge in [-0.25, -0.2) is 9.78 Å². The van der Waals surface area contributed by atoms with Crippen LogP contribution >= 0.6 is 11.8 Å². The number of esters is 2. The van der Waals surface area contributed by atoms with E-state index in [1.165, 1.54) is 7.11 Å². The Labute approximate surface area is 168 Å². The number of rotatable bonds is 7. The molecule has 1 heterocycles. The highest BCUT2D eigenvalue weighted by Gasteiger charge is 2.20. The smallest absolute Gasteiger partial charge is 0.340 e. The number of carbonyl (C=O) groups excluding carboxylic acids is 2. The van der Waals surface area contributed by atoms with E-state index >= 15 is 0 Å². The van der Waals surface area contributed by atoms with E-state index in [1.807, 2.05) is 61.5 Å². The lowest BCUT2D eigenvalue weighted by Crippen LogP contribution is -2.14. The lowest BCUT2D eigenvalue weighted by Gasteiger charge is -2.13. The Hall–Kier alpha value is -2.86. The van der Waals surface area contributed by atoms with Crippen molar-refractivity contribution in [1.29, 1.82) is 0 Å². The molecule has 0 N–H and O–H groups in total. The highest BCUT2D eigenvalue weighted by atomic mass is 32.2. The number of para-hydroxylation sites is 1. The molecule has 0 fully saturated rings. The van der Waals surface area contributed by atoms with E-state index in [0.29, 0.717) is 17.0 Å². The standard InChI is InChI=1S/C22H21NO4S/c1-15-17-10-6-7-11-18(17)23-19(21(15)22(25)26-2)14-27-20(24)12-13-28-16-8-4-3-5-9-16/h3-11H,12-14H2,1-2H3. The molecule has 0 saturated heterocycles. The molecule has 0 saturated carbocycles. The highest BCUT2D eigenvalue weighted by Crippen LogP contribution is 2.24. The third kappa shape index (κ3) is 4.70. The molecule has 0 aliphatic carbocycles. The average molecular weight is 395 g/mol. The molecule has 0 amide bonds. The number of methoxy groups -OCH3 is 1. The summed E-state index contributed by atoms with van der Waals surface area (Å²) in [5.74, 6) is -0.190. The maximum Gasteiger partial charge on any atom is 0.340 e. The van der Waals surface area contributed by atoms with Gasteiger partial charge >= 0.3 is 11.9 Å². The number of nitrogens with zero attached hydrogens (tertiary/aromatic N) is 1. The van der Waals surface area contributed by atoms with E-state index in [2.05, 4.69) is 4.98 Å². The fraction of sp³-hybridized carbons (Fsp3) is 0.227. The van der Waals surface area contributed by atoms with Crippen LogP contribution in [0.15, 0.2) is 59.5 Å². The molecule has 0 aliphatic heterocycles. The molecule has 5 nitrogen and oxygen atoms in total. The Bertz CT molecular complexity index is 988. The second-order valence-electron chi connectivity index (χ2n) is 6.14. The topological polar surface area (TPSA) is 65.5 Å². The molecule has 0 unspecified atom stereocenters. The number of hydrogen-bond acceptors (Lipinski definition) is 6. The number of fused-ring (bicyclic) bond motifs is 1. The van der Waals surface area contributed by atoms with E-state index in [0.717, 1.165) is 21.4 Å². The van der Waals surface area contributed by atoms with Crippen LogP contribution in [-0.4, -0.2) is 29.8 Å². The normalized spacial score (nSPS) is 10.6. The number of aryl methyl sites for hydroxylation is 1. The first-order valence-corrected chi connectivity index (χ1v) is 9.88. The lowest BCUT2D eigenvalue weighted by atomic mass is 10.0. The summed E-state index contributed by atoms with van der Waals surface area (Å²) in [6.07, 6.45) is 0.277. The zero-order valence-electron chi connectivity index (χ0n) is 15.8. The van der Waals surface area contributed by atoms with E-state index in [4.69, 9.17) is 9.47 Å². The van der Waals surface area contributed by atoms with E-state index in [1.54, 1.807) is 11.8 Å². The molecule has 3 rings (SSSR count). The molecule has 6 heteroatoms. The van der Waals surface area contributed by atoms with Gasteiger partial charge in [0.15, 0.2) is 0 Å². The summed E-state index contributed by atoms with van der Waals surface area (Å²) >= 11 is 1.60. The minimum atomic E-state index is -0.485. The Balaban J connectivity index is 1.69. The number of thioether (sulfide) groups is 1. The molecular formula is C22H21NO4S. The Kier molecular flexibility index (Phi) is 6.66. The molecule has 1 aromatic heterocycles. The zero-order valence-corrected chi connectivity index (χ0v) is 16.6. The molecule has 0 atom stereocenters. The van der Waals surface area contributed by atoms with Gasteiger partial charge in [-0.2, -0.15) is 0 Å². The van der Waals surface area contributed by atoms with Gasteiger partial charge in [0, 0.05) is 16.0 Å². The van der Waals surface area contributed by atoms with Crippen LogP contribution in [0.3, 0.4) is 0 Å². The van der Waals surface area contributed by atoms with Crippen LogP contribution in [-0.2, 0) is 20.9 Å². The average Bonchev–Trinajstić information content (AvgIpc) is 2.72. The zero-order chi connectivity index (χ0) is 19.9. The van der Waals surface area contributed by atoms with Crippen LogP contribution in [0.1, 0.15) is 28.0 Å². The van der Waals surface area contributed by atoms with Gasteiger partial charge in [0.25, 0.3) is 0 Å². The van der Waals surface area contributed by atoms with Crippen LogP contribution < -0.4 is 0 Å². The maximum atomic E-state index is 12.3. The number of carbonyl (C=O) groups is 2. The fourth-order valence-electron chi connectivity index (χ4n) is 2.91. The second kappa shape index (κ2) is 9.37. The fourth-order valence-corrected chi connectivity index (χ4v) is 3.76. The van der Waals surface area contributed by atoms with Crippen molar-refractivity contribution in [2.75, 3.05) is 12.9 Å². The van der Waals surface area contributed by atoms with Crippen molar-refractivity contribution < 1.29 is 19.1 Å². The van der Waals surface area contributed by atoms with Gasteiger partial charge in [0.2, 0.25) is 0 Å². The molecule has 0 spiro atoms. The first kappa shape index (κ1) is 19.9. The summed E-state index contributed by atoms with van der Waals surface area (Å²) in [7, 11) is 1.33. The summed E-state index contributed by atoms with van der Waals surface area (Å²) in [5.41, 5.74) is 2.28. The number of pyridine rings is 1. The first-order chi connectivity index (χ1) is 13.6. The summed E-state index contributed by atoms with van der Waals surface area (Å²) in [6.45, 7) is 1.78. The van der Waals surface area contributed by atoms with E-state index in [-0.39, 0.29) is 19.0 Å². The highest BCUT2D eigenvalue weighted by molar-refractivity contribution is 7.99. The molecule has 0 bridgehead atoms. The van der Waals surface area contributed by atoms with Crippen LogP contribution in [0.4, 0.5) is 0 Å². The predicted molar refractivity (Wildman–Crippen MR) is 109 cm³/mol. The second-order valence-corrected chi connectivity index (χ2v) is 7.31. The van der Waals surface area contributed by atoms with Crippen LogP contribution in [0.5, 0.6) is 0 Å². The van der Waals surface area contributed by atoms with Crippen molar-refractivity contribution in [3.8, 4) is 0 Å². The van der Waals surface area contributed by atoms with Gasteiger partial charge in [-0.1, -0.05) is 36.4 Å². The van der Waals surface area contributed by atoms with Crippen molar-refractivity contribution >= 4 is 34.6 Å². The van der Waals surface area contributed by atoms with Crippen LogP contribution in [0.2, 0.25) is 0 Å². The van der Waals surface area contributed by atoms with Gasteiger partial charge in [0.05, 0.1) is 30.3 Å². The molecule has 144 valence electrons. The SMILES string of the molecule is COC(=O)c1c(COC(=O)CCSc2ccccc2)nc2ccccc2c1C. The quantitative estimate of drug-likeness (QED) is 0.432. The summed E-state index contributed by atoms with van der Waals surface area (Å²) in [4.78, 5) is 30.0. The monoisotopic (exact) mass is 395 g/mol. The first-order valence-electron chi connectivity index (χ1n) is 8.90. The number of hydrogen-bond donors (Lipinski definition) is 0. The minimum Gasteiger partial charge on any atom is -0.465 e. The molecule has 28 heavy (non-hydrogen) atoms. The van der Waals surface area contributed by atoms with Crippen molar-refractivity contribution in [2.24, 2.45) is 0 Å². The van der Waals surface area contributed by atoms with Crippen molar-refractivity contribution in [3.63, 3.8) is 0 Å². The molecule has 2 aromatic carbocycles. The lowest BCUT2D eigenvalue weighted by molar-refractivity contribution is -0.144.